The number of nitrogens with zero attached hydrogens (tertiary/aromatic N) is 1. The van der Waals surface area contributed by atoms with Crippen LogP contribution in [0.15, 0.2) is 47.5 Å². The zero-order valence-corrected chi connectivity index (χ0v) is 17.3. The second-order valence-corrected chi connectivity index (χ2v) is 7.32. The molecule has 0 aliphatic carbocycles. The van der Waals surface area contributed by atoms with Gasteiger partial charge in [-0.25, -0.2) is 0 Å². The summed E-state index contributed by atoms with van der Waals surface area (Å²) < 4.78 is 11.6. The minimum absolute atomic E-state index is 0.133. The van der Waals surface area contributed by atoms with Crippen LogP contribution in [0, 0.1) is 6.92 Å². The normalized spacial score (nSPS) is 16.8. The van der Waals surface area contributed by atoms with Gasteiger partial charge < -0.3 is 20.1 Å². The average Bonchev–Trinajstić information content (AvgIpc) is 3.20. The fraction of sp³-hybridized carbons (Fsp3) is 0.409. The maximum Gasteiger partial charge on any atom is 0.191 e. The molecule has 1 aliphatic rings. The molecule has 0 spiro atoms. The standard InChI is InChI=1S/C22H28ClN3O2/c1-16-7-8-18(21(13-16)28-19-10-12-27-15-19)14-26-22(24-2)25-11-9-17-5-3-4-6-20(17)23/h3-8,13,19H,9-12,14-15H2,1-2H3,(H2,24,25,26). The van der Waals surface area contributed by atoms with Crippen molar-refractivity contribution in [3.8, 4) is 5.75 Å². The summed E-state index contributed by atoms with van der Waals surface area (Å²) >= 11 is 6.22. The predicted molar refractivity (Wildman–Crippen MR) is 114 cm³/mol. The Hall–Kier alpha value is -2.24. The Morgan fingerprint density at radius 1 is 1.21 bits per heavy atom. The van der Waals surface area contributed by atoms with Crippen LogP contribution in [0.3, 0.4) is 0 Å². The fourth-order valence-corrected chi connectivity index (χ4v) is 3.35. The summed E-state index contributed by atoms with van der Waals surface area (Å²) in [7, 11) is 1.77. The van der Waals surface area contributed by atoms with E-state index in [2.05, 4.69) is 40.7 Å². The molecular weight excluding hydrogens is 374 g/mol. The Morgan fingerprint density at radius 2 is 2.07 bits per heavy atom. The number of aryl methyl sites for hydroxylation is 1. The molecule has 1 aliphatic heterocycles. The Kier molecular flexibility index (Phi) is 7.57. The van der Waals surface area contributed by atoms with Gasteiger partial charge in [-0.2, -0.15) is 0 Å². The molecule has 0 radical (unpaired) electrons. The molecule has 1 unspecified atom stereocenters. The van der Waals surface area contributed by atoms with Crippen molar-refractivity contribution in [2.75, 3.05) is 26.8 Å². The average molecular weight is 402 g/mol. The van der Waals surface area contributed by atoms with Gasteiger partial charge in [-0.15, -0.1) is 0 Å². The molecule has 1 fully saturated rings. The van der Waals surface area contributed by atoms with Gasteiger partial charge in [0.1, 0.15) is 11.9 Å². The summed E-state index contributed by atoms with van der Waals surface area (Å²) in [6.07, 6.45) is 1.90. The first-order valence-electron chi connectivity index (χ1n) is 9.67. The lowest BCUT2D eigenvalue weighted by atomic mass is 10.1. The van der Waals surface area contributed by atoms with Crippen molar-refractivity contribution in [2.45, 2.75) is 32.4 Å². The van der Waals surface area contributed by atoms with Crippen molar-refractivity contribution < 1.29 is 9.47 Å². The van der Waals surface area contributed by atoms with Gasteiger partial charge in [0.05, 0.1) is 13.2 Å². The van der Waals surface area contributed by atoms with E-state index in [1.807, 2.05) is 24.3 Å². The highest BCUT2D eigenvalue weighted by Crippen LogP contribution is 2.23. The SMILES string of the molecule is CN=C(NCCc1ccccc1Cl)NCc1ccc(C)cc1OC1CCOC1. The molecule has 6 heteroatoms. The van der Waals surface area contributed by atoms with Gasteiger partial charge in [0.2, 0.25) is 0 Å². The first kappa shape index (κ1) is 20.5. The van der Waals surface area contributed by atoms with Gasteiger partial charge in [0.25, 0.3) is 0 Å². The number of hydrogen-bond donors (Lipinski definition) is 2. The molecule has 0 bridgehead atoms. The second-order valence-electron chi connectivity index (χ2n) is 6.91. The summed E-state index contributed by atoms with van der Waals surface area (Å²) in [5, 5.41) is 7.50. The van der Waals surface area contributed by atoms with Crippen molar-refractivity contribution in [3.63, 3.8) is 0 Å². The van der Waals surface area contributed by atoms with Crippen LogP contribution in [-0.4, -0.2) is 38.9 Å². The fourth-order valence-electron chi connectivity index (χ4n) is 3.12. The molecule has 1 heterocycles. The molecule has 1 atom stereocenters. The lowest BCUT2D eigenvalue weighted by Crippen LogP contribution is -2.38. The number of guanidine groups is 1. The third-order valence-electron chi connectivity index (χ3n) is 4.72. The van der Waals surface area contributed by atoms with E-state index in [0.29, 0.717) is 13.2 Å². The number of halogens is 1. The Labute approximate surface area is 172 Å². The van der Waals surface area contributed by atoms with Crippen molar-refractivity contribution >= 4 is 17.6 Å². The van der Waals surface area contributed by atoms with E-state index in [1.54, 1.807) is 7.05 Å². The van der Waals surface area contributed by atoms with Crippen LogP contribution < -0.4 is 15.4 Å². The van der Waals surface area contributed by atoms with E-state index < -0.39 is 0 Å². The van der Waals surface area contributed by atoms with Crippen molar-refractivity contribution in [2.24, 2.45) is 4.99 Å². The van der Waals surface area contributed by atoms with Crippen molar-refractivity contribution in [3.05, 3.63) is 64.2 Å². The highest BCUT2D eigenvalue weighted by Gasteiger charge is 2.18. The molecular formula is C22H28ClN3O2. The molecule has 28 heavy (non-hydrogen) atoms. The van der Waals surface area contributed by atoms with E-state index in [1.165, 1.54) is 5.56 Å². The summed E-state index contributed by atoms with van der Waals surface area (Å²) in [5.41, 5.74) is 3.41. The van der Waals surface area contributed by atoms with E-state index in [-0.39, 0.29) is 6.10 Å². The number of ether oxygens (including phenoxy) is 2. The first-order valence-corrected chi connectivity index (χ1v) is 10.1. The molecule has 5 nitrogen and oxygen atoms in total. The topological polar surface area (TPSA) is 54.9 Å². The van der Waals surface area contributed by atoms with Crippen LogP contribution in [0.25, 0.3) is 0 Å². The van der Waals surface area contributed by atoms with Crippen molar-refractivity contribution in [1.82, 2.24) is 10.6 Å². The van der Waals surface area contributed by atoms with Gasteiger partial charge in [0.15, 0.2) is 5.96 Å². The van der Waals surface area contributed by atoms with E-state index in [9.17, 15) is 0 Å². The Morgan fingerprint density at radius 3 is 2.82 bits per heavy atom. The molecule has 0 saturated carbocycles. The molecule has 1 saturated heterocycles. The van der Waals surface area contributed by atoms with E-state index in [0.717, 1.165) is 53.9 Å². The number of benzene rings is 2. The van der Waals surface area contributed by atoms with Gasteiger partial charge >= 0.3 is 0 Å². The third-order valence-corrected chi connectivity index (χ3v) is 5.09. The zero-order chi connectivity index (χ0) is 19.8. The summed E-state index contributed by atoms with van der Waals surface area (Å²) in [5.74, 6) is 1.66. The zero-order valence-electron chi connectivity index (χ0n) is 16.5. The minimum atomic E-state index is 0.133. The summed E-state index contributed by atoms with van der Waals surface area (Å²) in [6, 6.07) is 14.2. The van der Waals surface area contributed by atoms with Crippen LogP contribution in [0.2, 0.25) is 5.02 Å². The largest absolute Gasteiger partial charge is 0.488 e. The molecule has 2 aromatic carbocycles. The molecule has 0 amide bonds. The quantitative estimate of drug-likeness (QED) is 0.548. The highest BCUT2D eigenvalue weighted by molar-refractivity contribution is 6.31. The number of nitrogens with one attached hydrogen (secondary N) is 2. The Bertz CT molecular complexity index is 804. The van der Waals surface area contributed by atoms with E-state index in [4.69, 9.17) is 21.1 Å². The van der Waals surface area contributed by atoms with Gasteiger partial charge in [-0.3, -0.25) is 4.99 Å². The predicted octanol–water partition coefficient (Wildman–Crippen LogP) is 3.72. The molecule has 150 valence electrons. The smallest absolute Gasteiger partial charge is 0.191 e. The monoisotopic (exact) mass is 401 g/mol. The van der Waals surface area contributed by atoms with Gasteiger partial charge in [-0.05, 0) is 36.6 Å². The minimum Gasteiger partial charge on any atom is -0.488 e. The second kappa shape index (κ2) is 10.3. The molecule has 2 aromatic rings. The maximum atomic E-state index is 6.22. The van der Waals surface area contributed by atoms with Crippen LogP contribution in [0.4, 0.5) is 0 Å². The molecule has 3 rings (SSSR count). The maximum absolute atomic E-state index is 6.22. The lowest BCUT2D eigenvalue weighted by molar-refractivity contribution is 0.140. The number of aliphatic imine (C=N–C) groups is 1. The summed E-state index contributed by atoms with van der Waals surface area (Å²) in [6.45, 7) is 4.89. The Balaban J connectivity index is 1.53. The third kappa shape index (κ3) is 5.88. The van der Waals surface area contributed by atoms with Crippen molar-refractivity contribution in [1.29, 1.82) is 0 Å². The number of rotatable bonds is 7. The lowest BCUT2D eigenvalue weighted by Gasteiger charge is -2.18. The van der Waals surface area contributed by atoms with Crippen LogP contribution in [-0.2, 0) is 17.7 Å². The first-order chi connectivity index (χ1) is 13.7. The van der Waals surface area contributed by atoms with Crippen LogP contribution in [0.1, 0.15) is 23.1 Å². The van der Waals surface area contributed by atoms with Crippen LogP contribution >= 0.6 is 11.6 Å². The molecule has 2 N–H and O–H groups in total. The number of hydrogen-bond acceptors (Lipinski definition) is 3. The van der Waals surface area contributed by atoms with E-state index >= 15 is 0 Å². The summed E-state index contributed by atoms with van der Waals surface area (Å²) in [4.78, 5) is 4.31. The van der Waals surface area contributed by atoms with Gasteiger partial charge in [-0.1, -0.05) is 41.9 Å². The highest BCUT2D eigenvalue weighted by atomic mass is 35.5. The molecule has 0 aromatic heterocycles. The van der Waals surface area contributed by atoms with Gasteiger partial charge in [0, 0.05) is 37.1 Å². The van der Waals surface area contributed by atoms with Crippen LogP contribution in [0.5, 0.6) is 5.75 Å².